The van der Waals surface area contributed by atoms with Crippen LogP contribution in [0.1, 0.15) is 23.7 Å². The molecule has 1 aromatic carbocycles. The third-order valence-corrected chi connectivity index (χ3v) is 3.43. The largest absolute Gasteiger partial charge is 0.491 e. The number of anilines is 1. The van der Waals surface area contributed by atoms with Gasteiger partial charge in [-0.2, -0.15) is 0 Å². The zero-order valence-electron chi connectivity index (χ0n) is 11.8. The number of benzene rings is 1. The molecule has 0 spiro atoms. The normalized spacial score (nSPS) is 21.3. The highest BCUT2D eigenvalue weighted by molar-refractivity contribution is 6.01. The zero-order valence-corrected chi connectivity index (χ0v) is 11.8. The lowest BCUT2D eigenvalue weighted by Crippen LogP contribution is -2.43. The number of hydrogen-bond donors (Lipinski definition) is 3. The monoisotopic (exact) mass is 293 g/mol. The Hall–Kier alpha value is -2.28. The van der Waals surface area contributed by atoms with Crippen molar-refractivity contribution < 1.29 is 19.4 Å². The molecular weight excluding hydrogens is 274 g/mol. The maximum absolute atomic E-state index is 12.6. The summed E-state index contributed by atoms with van der Waals surface area (Å²) in [6, 6.07) is 4.03. The molecule has 7 heteroatoms. The van der Waals surface area contributed by atoms with Gasteiger partial charge in [0.05, 0.1) is 24.0 Å². The van der Waals surface area contributed by atoms with Crippen LogP contribution in [0.2, 0.25) is 0 Å². The van der Waals surface area contributed by atoms with Crippen molar-refractivity contribution >= 4 is 17.5 Å². The molecule has 2 atom stereocenters. The van der Waals surface area contributed by atoms with E-state index in [2.05, 4.69) is 0 Å². The maximum Gasteiger partial charge on any atom is 0.258 e. The summed E-state index contributed by atoms with van der Waals surface area (Å²) in [6.07, 6.45) is -0.615. The van der Waals surface area contributed by atoms with Crippen LogP contribution in [0.5, 0.6) is 5.75 Å². The molecule has 21 heavy (non-hydrogen) atoms. The highest BCUT2D eigenvalue weighted by Crippen LogP contribution is 2.30. The van der Waals surface area contributed by atoms with Gasteiger partial charge in [-0.25, -0.2) is 0 Å². The van der Waals surface area contributed by atoms with Gasteiger partial charge in [-0.15, -0.1) is 0 Å². The molecular formula is C14H19N3O4. The molecule has 5 N–H and O–H groups in total. The average Bonchev–Trinajstić information content (AvgIpc) is 2.83. The Morgan fingerprint density at radius 2 is 2.19 bits per heavy atom. The van der Waals surface area contributed by atoms with Gasteiger partial charge in [0, 0.05) is 13.0 Å². The number of primary amides is 1. The van der Waals surface area contributed by atoms with Crippen molar-refractivity contribution in [2.75, 3.05) is 18.9 Å². The molecule has 1 saturated heterocycles. The maximum atomic E-state index is 12.6. The Balaban J connectivity index is 2.35. The first-order valence-electron chi connectivity index (χ1n) is 6.75. The number of aliphatic hydroxyl groups excluding tert-OH is 1. The second-order valence-electron chi connectivity index (χ2n) is 4.92. The smallest absolute Gasteiger partial charge is 0.258 e. The van der Waals surface area contributed by atoms with Crippen molar-refractivity contribution in [1.29, 1.82) is 0 Å². The predicted molar refractivity (Wildman–Crippen MR) is 76.7 cm³/mol. The van der Waals surface area contributed by atoms with E-state index in [9.17, 15) is 14.7 Å². The van der Waals surface area contributed by atoms with Crippen molar-refractivity contribution in [2.45, 2.75) is 25.5 Å². The highest BCUT2D eigenvalue weighted by Gasteiger charge is 2.39. The number of aliphatic hydroxyl groups is 1. The third kappa shape index (κ3) is 2.92. The van der Waals surface area contributed by atoms with E-state index in [4.69, 9.17) is 16.2 Å². The molecule has 0 radical (unpaired) electrons. The third-order valence-electron chi connectivity index (χ3n) is 3.43. The van der Waals surface area contributed by atoms with Gasteiger partial charge in [-0.1, -0.05) is 6.07 Å². The average molecular weight is 293 g/mol. The van der Waals surface area contributed by atoms with Crippen LogP contribution in [-0.2, 0) is 4.79 Å². The summed E-state index contributed by atoms with van der Waals surface area (Å²) in [6.45, 7) is 2.20. The van der Waals surface area contributed by atoms with Crippen molar-refractivity contribution in [1.82, 2.24) is 4.90 Å². The number of hydrogen-bond acceptors (Lipinski definition) is 5. The van der Waals surface area contributed by atoms with E-state index in [1.54, 1.807) is 25.1 Å². The van der Waals surface area contributed by atoms with Gasteiger partial charge in [0.15, 0.2) is 5.75 Å². The second-order valence-corrected chi connectivity index (χ2v) is 4.92. The minimum atomic E-state index is -0.816. The number of para-hydroxylation sites is 1. The second kappa shape index (κ2) is 6.01. The summed E-state index contributed by atoms with van der Waals surface area (Å²) >= 11 is 0. The minimum Gasteiger partial charge on any atom is -0.491 e. The van der Waals surface area contributed by atoms with Crippen LogP contribution >= 0.6 is 0 Å². The lowest BCUT2D eigenvalue weighted by Gasteiger charge is -2.23. The molecule has 0 aromatic heterocycles. The molecule has 2 amide bonds. The van der Waals surface area contributed by atoms with Crippen LogP contribution in [0, 0.1) is 0 Å². The number of β-amino-alcohol motifs (C(OH)–C–C–N with tert-alkyl or cyclic N) is 1. The Labute approximate surface area is 122 Å². The Morgan fingerprint density at radius 1 is 1.48 bits per heavy atom. The summed E-state index contributed by atoms with van der Waals surface area (Å²) in [5.74, 6) is -0.775. The van der Waals surface area contributed by atoms with Gasteiger partial charge < -0.3 is 26.2 Å². The Bertz CT molecular complexity index is 561. The molecule has 1 aliphatic heterocycles. The van der Waals surface area contributed by atoms with Gasteiger partial charge >= 0.3 is 0 Å². The number of carbonyl (C=O) groups is 2. The molecule has 2 unspecified atom stereocenters. The molecule has 1 fully saturated rings. The number of rotatable bonds is 4. The lowest BCUT2D eigenvalue weighted by molar-refractivity contribution is -0.121. The number of nitrogens with two attached hydrogens (primary N) is 2. The molecule has 0 bridgehead atoms. The van der Waals surface area contributed by atoms with Crippen LogP contribution in [0.25, 0.3) is 0 Å². The van der Waals surface area contributed by atoms with E-state index in [0.29, 0.717) is 12.3 Å². The van der Waals surface area contributed by atoms with Crippen molar-refractivity contribution in [3.05, 3.63) is 23.8 Å². The van der Waals surface area contributed by atoms with E-state index in [-0.39, 0.29) is 24.3 Å². The van der Waals surface area contributed by atoms with Gasteiger partial charge in [0.2, 0.25) is 5.91 Å². The molecule has 1 aliphatic rings. The van der Waals surface area contributed by atoms with Crippen molar-refractivity contribution in [3.8, 4) is 5.75 Å². The van der Waals surface area contributed by atoms with E-state index in [1.807, 2.05) is 0 Å². The van der Waals surface area contributed by atoms with Gasteiger partial charge in [0.1, 0.15) is 6.04 Å². The van der Waals surface area contributed by atoms with Crippen LogP contribution in [-0.4, -0.2) is 47.1 Å². The number of nitrogens with zero attached hydrogens (tertiary/aromatic N) is 1. The highest BCUT2D eigenvalue weighted by atomic mass is 16.5. The first-order chi connectivity index (χ1) is 9.95. The van der Waals surface area contributed by atoms with E-state index >= 15 is 0 Å². The molecule has 0 aliphatic carbocycles. The standard InChI is InChI=1S/C14H19N3O4/c1-2-21-12-9(4-3-5-10(12)15)14(20)17-7-8(18)6-11(17)13(16)19/h3-5,8,11,18H,2,6-7,15H2,1H3,(H2,16,19). The number of amides is 2. The molecule has 7 nitrogen and oxygen atoms in total. The van der Waals surface area contributed by atoms with Crippen molar-refractivity contribution in [2.24, 2.45) is 5.73 Å². The van der Waals surface area contributed by atoms with Gasteiger partial charge in [0.25, 0.3) is 5.91 Å². The summed E-state index contributed by atoms with van der Waals surface area (Å²) in [7, 11) is 0. The molecule has 2 rings (SSSR count). The number of carbonyl (C=O) groups excluding carboxylic acids is 2. The fourth-order valence-electron chi connectivity index (χ4n) is 2.49. The first-order valence-corrected chi connectivity index (χ1v) is 6.75. The number of likely N-dealkylation sites (tertiary alicyclic amines) is 1. The van der Waals surface area contributed by atoms with E-state index in [1.165, 1.54) is 4.90 Å². The quantitative estimate of drug-likeness (QED) is 0.660. The van der Waals surface area contributed by atoms with Gasteiger partial charge in [-0.3, -0.25) is 9.59 Å². The number of ether oxygens (including phenoxy) is 1. The molecule has 1 aromatic rings. The molecule has 0 saturated carbocycles. The molecule has 1 heterocycles. The fraction of sp³-hybridized carbons (Fsp3) is 0.429. The van der Waals surface area contributed by atoms with Crippen LogP contribution in [0.4, 0.5) is 5.69 Å². The van der Waals surface area contributed by atoms with Gasteiger partial charge in [-0.05, 0) is 19.1 Å². The van der Waals surface area contributed by atoms with E-state index in [0.717, 1.165) is 0 Å². The lowest BCUT2D eigenvalue weighted by atomic mass is 10.1. The summed E-state index contributed by atoms with van der Waals surface area (Å²) in [4.78, 5) is 25.3. The van der Waals surface area contributed by atoms with E-state index < -0.39 is 24.0 Å². The van der Waals surface area contributed by atoms with Crippen LogP contribution < -0.4 is 16.2 Å². The van der Waals surface area contributed by atoms with Crippen LogP contribution in [0.15, 0.2) is 18.2 Å². The first kappa shape index (κ1) is 15.1. The number of nitrogen functional groups attached to an aromatic ring is 1. The minimum absolute atomic E-state index is 0.0623. The Morgan fingerprint density at radius 3 is 2.81 bits per heavy atom. The van der Waals surface area contributed by atoms with Crippen molar-refractivity contribution in [3.63, 3.8) is 0 Å². The zero-order chi connectivity index (χ0) is 15.6. The SMILES string of the molecule is CCOc1c(N)cccc1C(=O)N1CC(O)CC1C(N)=O. The topological polar surface area (TPSA) is 119 Å². The van der Waals surface area contributed by atoms with Crippen LogP contribution in [0.3, 0.4) is 0 Å². The molecule has 114 valence electrons. The summed E-state index contributed by atoms with van der Waals surface area (Å²) in [5, 5.41) is 9.68. The summed E-state index contributed by atoms with van der Waals surface area (Å²) < 4.78 is 5.42. The fourth-order valence-corrected chi connectivity index (χ4v) is 2.49. The summed E-state index contributed by atoms with van der Waals surface area (Å²) in [5.41, 5.74) is 11.7. The predicted octanol–water partition coefficient (Wildman–Crippen LogP) is -0.272. The Kier molecular flexibility index (Phi) is 4.32.